The van der Waals surface area contributed by atoms with Crippen molar-refractivity contribution in [3.63, 3.8) is 0 Å². The first-order valence-electron chi connectivity index (χ1n) is 5.60. The first-order chi connectivity index (χ1) is 7.52. The number of piperidine rings is 1. The molecule has 0 atom stereocenters. The monoisotopic (exact) mass is 242 g/mol. The molecular weight excluding hydrogens is 224 g/mol. The van der Waals surface area contributed by atoms with Crippen molar-refractivity contribution in [2.75, 3.05) is 26.2 Å². The van der Waals surface area contributed by atoms with E-state index in [0.717, 1.165) is 32.4 Å². The van der Waals surface area contributed by atoms with Gasteiger partial charge in [0.1, 0.15) is 0 Å². The average molecular weight is 242 g/mol. The molecule has 2 N–H and O–H groups in total. The van der Waals surface area contributed by atoms with Crippen LogP contribution < -0.4 is 10.6 Å². The fourth-order valence-electron chi connectivity index (χ4n) is 1.81. The van der Waals surface area contributed by atoms with Crippen molar-refractivity contribution in [1.29, 1.82) is 0 Å². The molecule has 0 aromatic rings. The number of halogens is 4. The molecule has 96 valence electrons. The molecule has 16 heavy (non-hydrogen) atoms. The smallest absolute Gasteiger partial charge is 0.317 e. The molecule has 1 heterocycles. The molecule has 1 saturated heterocycles. The highest BCUT2D eigenvalue weighted by Gasteiger charge is 2.39. The van der Waals surface area contributed by atoms with Gasteiger partial charge in [-0.1, -0.05) is 0 Å². The minimum absolute atomic E-state index is 0.382. The van der Waals surface area contributed by atoms with Crippen molar-refractivity contribution in [2.24, 2.45) is 5.92 Å². The Morgan fingerprint density at radius 3 is 2.44 bits per heavy atom. The third-order valence-corrected chi connectivity index (χ3v) is 2.87. The van der Waals surface area contributed by atoms with E-state index in [4.69, 9.17) is 0 Å². The lowest BCUT2D eigenvalue weighted by atomic mass is 9.95. The van der Waals surface area contributed by atoms with Gasteiger partial charge in [0.05, 0.1) is 6.54 Å². The molecule has 1 aliphatic rings. The molecule has 0 aliphatic carbocycles. The van der Waals surface area contributed by atoms with Crippen molar-refractivity contribution < 1.29 is 17.6 Å². The third-order valence-electron chi connectivity index (χ3n) is 2.87. The maximum atomic E-state index is 12.5. The summed E-state index contributed by atoms with van der Waals surface area (Å²) < 4.78 is 48.6. The molecule has 0 unspecified atom stereocenters. The van der Waals surface area contributed by atoms with Crippen molar-refractivity contribution >= 4 is 0 Å². The first kappa shape index (κ1) is 13.7. The summed E-state index contributed by atoms with van der Waals surface area (Å²) in [5.74, 6) is -3.39. The van der Waals surface area contributed by atoms with Gasteiger partial charge in [-0.2, -0.15) is 8.78 Å². The summed E-state index contributed by atoms with van der Waals surface area (Å²) in [6, 6.07) is 0. The zero-order valence-electron chi connectivity index (χ0n) is 9.12. The van der Waals surface area contributed by atoms with E-state index in [1.807, 2.05) is 0 Å². The third kappa shape index (κ3) is 4.65. The van der Waals surface area contributed by atoms with E-state index in [-0.39, 0.29) is 0 Å². The molecule has 1 aliphatic heterocycles. The van der Waals surface area contributed by atoms with Crippen LogP contribution in [0.5, 0.6) is 0 Å². The Kier molecular flexibility index (Phi) is 5.48. The predicted molar refractivity (Wildman–Crippen MR) is 54.0 cm³/mol. The Balaban J connectivity index is 2.06. The number of hydrogen-bond acceptors (Lipinski definition) is 2. The summed E-state index contributed by atoms with van der Waals surface area (Å²) in [6.45, 7) is 1.36. The Morgan fingerprint density at radius 2 is 1.88 bits per heavy atom. The summed E-state index contributed by atoms with van der Waals surface area (Å²) in [5, 5.41) is 5.61. The number of nitrogens with one attached hydrogen (secondary N) is 2. The van der Waals surface area contributed by atoms with Gasteiger partial charge in [0.25, 0.3) is 0 Å². The van der Waals surface area contributed by atoms with Crippen molar-refractivity contribution in [3.05, 3.63) is 0 Å². The lowest BCUT2D eigenvalue weighted by Crippen LogP contribution is -2.39. The van der Waals surface area contributed by atoms with Crippen molar-refractivity contribution in [3.8, 4) is 0 Å². The summed E-state index contributed by atoms with van der Waals surface area (Å²) in [4.78, 5) is 0. The van der Waals surface area contributed by atoms with Crippen LogP contribution in [0.4, 0.5) is 17.6 Å². The summed E-state index contributed by atoms with van der Waals surface area (Å²) in [7, 11) is 0. The fourth-order valence-corrected chi connectivity index (χ4v) is 1.81. The molecule has 0 aromatic heterocycles. The molecule has 2 nitrogen and oxygen atoms in total. The van der Waals surface area contributed by atoms with E-state index in [1.165, 1.54) is 0 Å². The predicted octanol–water partition coefficient (Wildman–Crippen LogP) is 1.87. The van der Waals surface area contributed by atoms with Crippen LogP contribution in [0.3, 0.4) is 0 Å². The van der Waals surface area contributed by atoms with Crippen LogP contribution in [0.25, 0.3) is 0 Å². The van der Waals surface area contributed by atoms with Crippen LogP contribution in [0.2, 0.25) is 0 Å². The van der Waals surface area contributed by atoms with E-state index in [0.29, 0.717) is 12.5 Å². The van der Waals surface area contributed by atoms with Crippen LogP contribution in [0.15, 0.2) is 0 Å². The zero-order valence-corrected chi connectivity index (χ0v) is 9.12. The standard InChI is InChI=1S/C10H18F4N2/c11-9(12)10(13,14)7-16-6-3-8-1-4-15-5-2-8/h8-9,15-16H,1-7H2. The molecule has 0 spiro atoms. The molecule has 0 radical (unpaired) electrons. The second-order valence-corrected chi connectivity index (χ2v) is 4.22. The Hall–Kier alpha value is -0.360. The molecule has 0 amide bonds. The highest BCUT2D eigenvalue weighted by molar-refractivity contribution is 4.74. The fraction of sp³-hybridized carbons (Fsp3) is 1.00. The summed E-state index contributed by atoms with van der Waals surface area (Å²) >= 11 is 0. The van der Waals surface area contributed by atoms with Crippen molar-refractivity contribution in [2.45, 2.75) is 31.6 Å². The van der Waals surface area contributed by atoms with Crippen LogP contribution in [-0.4, -0.2) is 38.5 Å². The highest BCUT2D eigenvalue weighted by Crippen LogP contribution is 2.21. The van der Waals surface area contributed by atoms with Crippen LogP contribution in [0, 0.1) is 5.92 Å². The normalized spacial score (nSPS) is 19.3. The van der Waals surface area contributed by atoms with Gasteiger partial charge in [-0.3, -0.25) is 0 Å². The largest absolute Gasteiger partial charge is 0.319 e. The Bertz CT molecular complexity index is 193. The quantitative estimate of drug-likeness (QED) is 0.549. The molecule has 6 heteroatoms. The minimum Gasteiger partial charge on any atom is -0.317 e. The van der Waals surface area contributed by atoms with E-state index in [9.17, 15) is 17.6 Å². The van der Waals surface area contributed by atoms with E-state index < -0.39 is 18.9 Å². The van der Waals surface area contributed by atoms with E-state index >= 15 is 0 Å². The molecular formula is C10H18F4N2. The van der Waals surface area contributed by atoms with Gasteiger partial charge in [-0.05, 0) is 44.8 Å². The summed E-state index contributed by atoms with van der Waals surface area (Å²) in [5.41, 5.74) is 0. The summed E-state index contributed by atoms with van der Waals surface area (Å²) in [6.07, 6.45) is -0.736. The van der Waals surface area contributed by atoms with Gasteiger partial charge >= 0.3 is 12.3 Å². The van der Waals surface area contributed by atoms with Gasteiger partial charge in [-0.25, -0.2) is 8.78 Å². The SMILES string of the molecule is FC(F)C(F)(F)CNCCC1CCNCC1. The minimum atomic E-state index is -3.91. The van der Waals surface area contributed by atoms with E-state index in [1.54, 1.807) is 0 Å². The maximum Gasteiger partial charge on any atom is 0.319 e. The van der Waals surface area contributed by atoms with Crippen molar-refractivity contribution in [1.82, 2.24) is 10.6 Å². The first-order valence-corrected chi connectivity index (χ1v) is 5.60. The second-order valence-electron chi connectivity index (χ2n) is 4.22. The van der Waals surface area contributed by atoms with Crippen LogP contribution >= 0.6 is 0 Å². The van der Waals surface area contributed by atoms with Gasteiger partial charge in [0, 0.05) is 0 Å². The number of alkyl halides is 4. The maximum absolute atomic E-state index is 12.5. The number of rotatable bonds is 6. The lowest BCUT2D eigenvalue weighted by Gasteiger charge is -2.23. The van der Waals surface area contributed by atoms with Gasteiger partial charge < -0.3 is 10.6 Å². The number of hydrogen-bond donors (Lipinski definition) is 2. The zero-order chi connectivity index (χ0) is 12.0. The van der Waals surface area contributed by atoms with Gasteiger partial charge in [0.2, 0.25) is 0 Å². The average Bonchev–Trinajstić information content (AvgIpc) is 2.26. The molecule has 1 fully saturated rings. The van der Waals surface area contributed by atoms with Crippen LogP contribution in [0.1, 0.15) is 19.3 Å². The molecule has 0 aromatic carbocycles. The lowest BCUT2D eigenvalue weighted by molar-refractivity contribution is -0.125. The van der Waals surface area contributed by atoms with Gasteiger partial charge in [-0.15, -0.1) is 0 Å². The Labute approximate surface area is 92.8 Å². The molecule has 1 rings (SSSR count). The molecule has 0 saturated carbocycles. The van der Waals surface area contributed by atoms with Gasteiger partial charge in [0.15, 0.2) is 0 Å². The second kappa shape index (κ2) is 6.39. The topological polar surface area (TPSA) is 24.1 Å². The highest BCUT2D eigenvalue weighted by atomic mass is 19.3. The Morgan fingerprint density at radius 1 is 1.25 bits per heavy atom. The van der Waals surface area contributed by atoms with E-state index in [2.05, 4.69) is 10.6 Å². The van der Waals surface area contributed by atoms with Crippen LogP contribution in [-0.2, 0) is 0 Å². The molecule has 0 bridgehead atoms.